The number of aliphatic hydroxyl groups is 2. The topological polar surface area (TPSA) is 118 Å². The number of Topliss-reactive ketones (excluding diaryl/α,β-unsaturated/α-hetero) is 2. The number of alkyl halides is 1. The molecule has 0 bridgehead atoms. The second kappa shape index (κ2) is 6.90. The van der Waals surface area contributed by atoms with Crippen LogP contribution in [0, 0.1) is 28.6 Å². The first-order valence-corrected chi connectivity index (χ1v) is 11.0. The number of fused-ring (bicyclic) bond motifs is 5. The Kier molecular flexibility index (Phi) is 4.96. The van der Waals surface area contributed by atoms with Gasteiger partial charge < -0.3 is 14.9 Å². The molecule has 3 saturated carbocycles. The normalized spacial score (nSPS) is 47.3. The van der Waals surface area contributed by atoms with Crippen LogP contribution in [0.1, 0.15) is 47.0 Å². The van der Waals surface area contributed by atoms with Crippen LogP contribution in [0.15, 0.2) is 23.8 Å². The summed E-state index contributed by atoms with van der Waals surface area (Å²) in [7, 11) is 0. The monoisotopic (exact) mass is 448 g/mol. The summed E-state index contributed by atoms with van der Waals surface area (Å²) in [6.07, 6.45) is 1.98. The van der Waals surface area contributed by atoms with E-state index in [2.05, 4.69) is 0 Å². The highest BCUT2D eigenvalue weighted by Crippen LogP contribution is 2.70. The van der Waals surface area contributed by atoms with E-state index in [1.54, 1.807) is 13.8 Å². The molecule has 0 radical (unpaired) electrons. The van der Waals surface area contributed by atoms with Gasteiger partial charge in [-0.25, -0.2) is 4.39 Å². The minimum absolute atomic E-state index is 0.0543. The van der Waals surface area contributed by atoms with Gasteiger partial charge >= 0.3 is 5.97 Å². The van der Waals surface area contributed by atoms with E-state index < -0.39 is 70.1 Å². The molecule has 8 atom stereocenters. The molecule has 4 aliphatic rings. The van der Waals surface area contributed by atoms with Gasteiger partial charge in [-0.1, -0.05) is 19.9 Å². The Balaban J connectivity index is 1.80. The first-order chi connectivity index (χ1) is 14.7. The maximum atomic E-state index is 17.0. The SMILES string of the molecule is CC(=O)OCC(=O)[C@@]1(O)[C@@H](C)C[C@H]2[C@@H]3CC(=O)C4=CC(=O)C=C[C@]4(C)[C@@]3(F)[C@@H](O)C[C@@]21C. The van der Waals surface area contributed by atoms with Crippen LogP contribution in [0.3, 0.4) is 0 Å². The first kappa shape index (κ1) is 23.0. The Bertz CT molecular complexity index is 985. The van der Waals surface area contributed by atoms with Gasteiger partial charge in [0.25, 0.3) is 0 Å². The molecule has 0 aliphatic heterocycles. The summed E-state index contributed by atoms with van der Waals surface area (Å²) >= 11 is 0. The van der Waals surface area contributed by atoms with Crippen molar-refractivity contribution in [2.24, 2.45) is 28.6 Å². The van der Waals surface area contributed by atoms with Gasteiger partial charge in [-0.3, -0.25) is 19.2 Å². The molecule has 0 heterocycles. The molecule has 2 N–H and O–H groups in total. The van der Waals surface area contributed by atoms with Crippen molar-refractivity contribution in [3.63, 3.8) is 0 Å². The molecule has 8 heteroatoms. The van der Waals surface area contributed by atoms with Crippen LogP contribution >= 0.6 is 0 Å². The smallest absolute Gasteiger partial charge is 0.303 e. The molecule has 0 aromatic carbocycles. The Morgan fingerprint density at radius 2 is 1.91 bits per heavy atom. The number of aliphatic hydroxyl groups excluding tert-OH is 1. The van der Waals surface area contributed by atoms with Crippen LogP contribution in [0.2, 0.25) is 0 Å². The predicted molar refractivity (Wildman–Crippen MR) is 110 cm³/mol. The van der Waals surface area contributed by atoms with Gasteiger partial charge in [0.05, 0.1) is 11.5 Å². The van der Waals surface area contributed by atoms with Crippen LogP contribution in [-0.4, -0.2) is 57.5 Å². The van der Waals surface area contributed by atoms with Crippen molar-refractivity contribution < 1.29 is 38.5 Å². The highest BCUT2D eigenvalue weighted by atomic mass is 19.1. The van der Waals surface area contributed by atoms with Crippen molar-refractivity contribution in [2.45, 2.75) is 64.3 Å². The summed E-state index contributed by atoms with van der Waals surface area (Å²) in [5.74, 6) is -4.26. The second-order valence-electron chi connectivity index (χ2n) is 10.3. The minimum atomic E-state index is -2.25. The number of carbonyl (C=O) groups is 4. The lowest BCUT2D eigenvalue weighted by Crippen LogP contribution is -2.70. The number of carbonyl (C=O) groups excluding carboxylic acids is 4. The van der Waals surface area contributed by atoms with E-state index in [0.29, 0.717) is 0 Å². The molecule has 0 saturated heterocycles. The molecular weight excluding hydrogens is 419 g/mol. The maximum absolute atomic E-state index is 17.0. The zero-order valence-electron chi connectivity index (χ0n) is 18.7. The molecule has 32 heavy (non-hydrogen) atoms. The molecule has 0 unspecified atom stereocenters. The van der Waals surface area contributed by atoms with Gasteiger partial charge in [0, 0.05) is 30.3 Å². The summed E-state index contributed by atoms with van der Waals surface area (Å²) in [6.45, 7) is 5.39. The summed E-state index contributed by atoms with van der Waals surface area (Å²) in [6, 6.07) is 0. The molecule has 4 aliphatic carbocycles. The Morgan fingerprint density at radius 3 is 2.53 bits per heavy atom. The van der Waals surface area contributed by atoms with E-state index >= 15 is 4.39 Å². The quantitative estimate of drug-likeness (QED) is 0.630. The van der Waals surface area contributed by atoms with Crippen LogP contribution in [0.5, 0.6) is 0 Å². The van der Waals surface area contributed by atoms with Crippen molar-refractivity contribution >= 4 is 23.3 Å². The molecule has 3 fully saturated rings. The van der Waals surface area contributed by atoms with Gasteiger partial charge in [-0.2, -0.15) is 0 Å². The molecular formula is C24H29FO7. The fourth-order valence-electron chi connectivity index (χ4n) is 7.25. The highest BCUT2D eigenvalue weighted by Gasteiger charge is 2.76. The minimum Gasteiger partial charge on any atom is -0.458 e. The third-order valence-electron chi connectivity index (χ3n) is 8.90. The summed E-state index contributed by atoms with van der Waals surface area (Å²) in [4.78, 5) is 49.2. The first-order valence-electron chi connectivity index (χ1n) is 11.0. The van der Waals surface area contributed by atoms with Crippen LogP contribution in [0.25, 0.3) is 0 Å². The standard InChI is InChI=1S/C24H29FO7/c1-12-7-15-16-9-18(28)17-8-14(27)5-6-21(17,3)23(16,25)19(29)10-22(15,4)24(12,31)20(30)11-32-13(2)26/h5-6,8,12,15-16,19,29,31H,7,9-11H2,1-4H3/t12-,15-,16-,19-,21-,22-,23-,24-/m0/s1. The van der Waals surface area contributed by atoms with E-state index in [-0.39, 0.29) is 30.6 Å². The average molecular weight is 448 g/mol. The Hall–Kier alpha value is -2.19. The van der Waals surface area contributed by atoms with E-state index in [9.17, 15) is 29.4 Å². The van der Waals surface area contributed by atoms with Gasteiger partial charge in [0.1, 0.15) is 5.60 Å². The fraction of sp³-hybridized carbons (Fsp3) is 0.667. The number of hydrogen-bond acceptors (Lipinski definition) is 7. The third-order valence-corrected chi connectivity index (χ3v) is 8.90. The van der Waals surface area contributed by atoms with E-state index in [4.69, 9.17) is 4.74 Å². The lowest BCUT2D eigenvalue weighted by molar-refractivity contribution is -0.218. The highest BCUT2D eigenvalue weighted by molar-refractivity contribution is 6.10. The van der Waals surface area contributed by atoms with Crippen molar-refractivity contribution in [1.29, 1.82) is 0 Å². The van der Waals surface area contributed by atoms with Crippen molar-refractivity contribution in [1.82, 2.24) is 0 Å². The van der Waals surface area contributed by atoms with Gasteiger partial charge in [0.15, 0.2) is 23.8 Å². The second-order valence-corrected chi connectivity index (χ2v) is 10.3. The Morgan fingerprint density at radius 1 is 1.25 bits per heavy atom. The summed E-state index contributed by atoms with van der Waals surface area (Å²) in [5, 5.41) is 22.9. The molecule has 0 spiro atoms. The van der Waals surface area contributed by atoms with Gasteiger partial charge in [-0.15, -0.1) is 0 Å². The van der Waals surface area contributed by atoms with Gasteiger partial charge in [0.2, 0.25) is 5.78 Å². The number of esters is 1. The van der Waals surface area contributed by atoms with Crippen molar-refractivity contribution in [3.05, 3.63) is 23.8 Å². The molecule has 0 aromatic rings. The molecule has 0 aromatic heterocycles. The van der Waals surface area contributed by atoms with Gasteiger partial charge in [-0.05, 0) is 43.8 Å². The Labute approximate surface area is 185 Å². The number of allylic oxidation sites excluding steroid dienone is 4. The number of ether oxygens (including phenoxy) is 1. The fourth-order valence-corrected chi connectivity index (χ4v) is 7.25. The van der Waals surface area contributed by atoms with Crippen LogP contribution < -0.4 is 0 Å². The van der Waals surface area contributed by atoms with Crippen molar-refractivity contribution in [2.75, 3.05) is 6.61 Å². The summed E-state index contributed by atoms with van der Waals surface area (Å²) < 4.78 is 21.9. The lowest BCUT2D eigenvalue weighted by Gasteiger charge is -2.62. The zero-order valence-corrected chi connectivity index (χ0v) is 18.7. The lowest BCUT2D eigenvalue weighted by atomic mass is 9.44. The maximum Gasteiger partial charge on any atom is 0.303 e. The average Bonchev–Trinajstić information content (AvgIpc) is 2.91. The molecule has 4 rings (SSSR count). The molecule has 0 amide bonds. The van der Waals surface area contributed by atoms with E-state index in [0.717, 1.165) is 13.0 Å². The number of halogens is 1. The number of rotatable bonds is 3. The van der Waals surface area contributed by atoms with Crippen molar-refractivity contribution in [3.8, 4) is 0 Å². The molecule has 7 nitrogen and oxygen atoms in total. The van der Waals surface area contributed by atoms with Crippen LogP contribution in [0.4, 0.5) is 4.39 Å². The zero-order chi connectivity index (χ0) is 23.9. The largest absolute Gasteiger partial charge is 0.458 e. The molecule has 174 valence electrons. The third kappa shape index (κ3) is 2.59. The number of hydrogen-bond donors (Lipinski definition) is 2. The summed E-state index contributed by atoms with van der Waals surface area (Å²) in [5.41, 5.74) is -6.87. The van der Waals surface area contributed by atoms with Crippen LogP contribution in [-0.2, 0) is 23.9 Å². The number of ketones is 3. The predicted octanol–water partition coefficient (Wildman–Crippen LogP) is 1.65. The van der Waals surface area contributed by atoms with E-state index in [1.165, 1.54) is 19.1 Å². The van der Waals surface area contributed by atoms with E-state index in [1.807, 2.05) is 0 Å².